The van der Waals surface area contributed by atoms with Gasteiger partial charge < -0.3 is 10.6 Å². The van der Waals surface area contributed by atoms with Crippen LogP contribution >= 0.6 is 11.8 Å². The molecule has 1 aliphatic carbocycles. The summed E-state index contributed by atoms with van der Waals surface area (Å²) in [5, 5.41) is 10.4. The molecule has 8 nitrogen and oxygen atoms in total. The number of benzene rings is 1. The summed E-state index contributed by atoms with van der Waals surface area (Å²) >= 11 is 1.39. The first-order chi connectivity index (χ1) is 16.6. The number of aromatic nitrogens is 3. The highest BCUT2D eigenvalue weighted by atomic mass is 32.2. The maximum atomic E-state index is 12.8. The van der Waals surface area contributed by atoms with Crippen LogP contribution in [0.5, 0.6) is 0 Å². The van der Waals surface area contributed by atoms with Gasteiger partial charge in [-0.15, -0.1) is 11.8 Å². The zero-order valence-electron chi connectivity index (χ0n) is 19.8. The van der Waals surface area contributed by atoms with Crippen LogP contribution in [-0.2, 0) is 24.3 Å². The summed E-state index contributed by atoms with van der Waals surface area (Å²) < 4.78 is 3.28. The number of hydrogen-bond acceptors (Lipinski definition) is 5. The van der Waals surface area contributed by atoms with E-state index in [1.807, 2.05) is 18.2 Å². The van der Waals surface area contributed by atoms with Gasteiger partial charge in [0.1, 0.15) is 5.82 Å². The number of nitrogens with one attached hydrogen (secondary N) is 2. The van der Waals surface area contributed by atoms with Crippen LogP contribution in [-0.4, -0.2) is 45.0 Å². The second-order valence-electron chi connectivity index (χ2n) is 9.23. The van der Waals surface area contributed by atoms with Gasteiger partial charge in [0, 0.05) is 37.5 Å². The fraction of sp³-hybridized carbons (Fsp3) is 0.600. The monoisotopic (exact) mass is 485 g/mol. The average Bonchev–Trinajstić information content (AvgIpc) is 3.20. The quantitative estimate of drug-likeness (QED) is 0.398. The molecular formula is C25H35N5O3S. The zero-order chi connectivity index (χ0) is 23.8. The fourth-order valence-corrected chi connectivity index (χ4v) is 5.62. The molecule has 0 spiro atoms. The highest BCUT2D eigenvalue weighted by Gasteiger charge is 2.17. The Bertz CT molecular complexity index is 1040. The predicted molar refractivity (Wildman–Crippen MR) is 133 cm³/mol. The number of rotatable bonds is 10. The number of thioether (sulfide) groups is 1. The lowest BCUT2D eigenvalue weighted by atomic mass is 9.89. The van der Waals surface area contributed by atoms with E-state index in [-0.39, 0.29) is 17.5 Å². The Morgan fingerprint density at radius 2 is 1.88 bits per heavy atom. The van der Waals surface area contributed by atoms with Crippen molar-refractivity contribution in [3.05, 3.63) is 46.1 Å². The molecule has 0 bridgehead atoms. The summed E-state index contributed by atoms with van der Waals surface area (Å²) in [5.41, 5.74) is 0.520. The maximum Gasteiger partial charge on any atom is 0.345 e. The highest BCUT2D eigenvalue weighted by molar-refractivity contribution is 8.00. The van der Waals surface area contributed by atoms with Crippen LogP contribution in [0.15, 0.2) is 34.0 Å². The van der Waals surface area contributed by atoms with Crippen LogP contribution < -0.4 is 16.3 Å². The molecule has 9 heteroatoms. The maximum absolute atomic E-state index is 12.8. The molecule has 2 amide bonds. The van der Waals surface area contributed by atoms with Crippen LogP contribution in [0, 0.1) is 5.92 Å². The van der Waals surface area contributed by atoms with Crippen molar-refractivity contribution >= 4 is 23.6 Å². The molecule has 0 unspecified atom stereocenters. The van der Waals surface area contributed by atoms with Crippen molar-refractivity contribution in [3.63, 3.8) is 0 Å². The lowest BCUT2D eigenvalue weighted by Gasteiger charge is -2.21. The van der Waals surface area contributed by atoms with Crippen molar-refractivity contribution < 1.29 is 9.59 Å². The first-order valence-corrected chi connectivity index (χ1v) is 13.5. The van der Waals surface area contributed by atoms with Crippen molar-refractivity contribution in [3.8, 4) is 0 Å². The molecule has 0 radical (unpaired) electrons. The SMILES string of the molecule is O=C(CSc1ccccc1C(=O)NCCCn1nc2n(c1=O)CCCC2)NCC1CCCCC1. The molecule has 184 valence electrons. The minimum absolute atomic E-state index is 0.0130. The van der Waals surface area contributed by atoms with Crippen LogP contribution in [0.25, 0.3) is 0 Å². The van der Waals surface area contributed by atoms with Crippen molar-refractivity contribution in [1.29, 1.82) is 0 Å². The normalized spacial score (nSPS) is 16.1. The summed E-state index contributed by atoms with van der Waals surface area (Å²) in [6, 6.07) is 7.37. The molecule has 1 saturated carbocycles. The third-order valence-electron chi connectivity index (χ3n) is 6.67. The Morgan fingerprint density at radius 1 is 1.06 bits per heavy atom. The van der Waals surface area contributed by atoms with Gasteiger partial charge in [0.15, 0.2) is 0 Å². The largest absolute Gasteiger partial charge is 0.355 e. The van der Waals surface area contributed by atoms with Gasteiger partial charge in [-0.2, -0.15) is 5.10 Å². The summed E-state index contributed by atoms with van der Waals surface area (Å²) in [4.78, 5) is 38.3. The molecule has 1 aromatic heterocycles. The Hall–Kier alpha value is -2.55. The van der Waals surface area contributed by atoms with E-state index in [0.717, 1.165) is 43.1 Å². The van der Waals surface area contributed by atoms with E-state index < -0.39 is 0 Å². The van der Waals surface area contributed by atoms with Crippen LogP contribution in [0.3, 0.4) is 0 Å². The molecule has 2 N–H and O–H groups in total. The molecule has 34 heavy (non-hydrogen) atoms. The summed E-state index contributed by atoms with van der Waals surface area (Å²) in [6.45, 7) is 2.44. The van der Waals surface area contributed by atoms with Crippen LogP contribution in [0.4, 0.5) is 0 Å². The molecule has 2 heterocycles. The van der Waals surface area contributed by atoms with Crippen molar-refractivity contribution in [2.45, 2.75) is 75.8 Å². The van der Waals surface area contributed by atoms with E-state index in [0.29, 0.717) is 36.7 Å². The van der Waals surface area contributed by atoms with E-state index in [1.54, 1.807) is 10.6 Å². The van der Waals surface area contributed by atoms with Crippen LogP contribution in [0.1, 0.15) is 67.5 Å². The van der Waals surface area contributed by atoms with Gasteiger partial charge in [0.2, 0.25) is 5.91 Å². The van der Waals surface area contributed by atoms with Gasteiger partial charge in [-0.3, -0.25) is 14.2 Å². The standard InChI is InChI=1S/C25H35N5O3S/c31-23(27-17-19-9-2-1-3-10-19)18-34-21-12-5-4-11-20(21)24(32)26-14-8-16-30-25(33)29-15-7-6-13-22(29)28-30/h4-5,11-12,19H,1-3,6-10,13-18H2,(H,26,32)(H,27,31). The summed E-state index contributed by atoms with van der Waals surface area (Å²) in [7, 11) is 0. The van der Waals surface area contributed by atoms with E-state index in [4.69, 9.17) is 0 Å². The zero-order valence-corrected chi connectivity index (χ0v) is 20.6. The molecule has 0 atom stereocenters. The molecule has 0 saturated heterocycles. The first-order valence-electron chi connectivity index (χ1n) is 12.5. The Balaban J connectivity index is 1.22. The average molecular weight is 486 g/mol. The molecule has 1 aliphatic heterocycles. The first kappa shape index (κ1) is 24.6. The van der Waals surface area contributed by atoms with Gasteiger partial charge >= 0.3 is 5.69 Å². The molecule has 2 aliphatic rings. The minimum atomic E-state index is -0.165. The van der Waals surface area contributed by atoms with Crippen molar-refractivity contribution in [1.82, 2.24) is 25.0 Å². The Labute approximate surface area is 204 Å². The molecule has 2 aromatic rings. The Morgan fingerprint density at radius 3 is 2.71 bits per heavy atom. The van der Waals surface area contributed by atoms with Crippen molar-refractivity contribution in [2.24, 2.45) is 5.92 Å². The van der Waals surface area contributed by atoms with E-state index >= 15 is 0 Å². The summed E-state index contributed by atoms with van der Waals surface area (Å²) in [6.07, 6.45) is 9.82. The van der Waals surface area contributed by atoms with E-state index in [2.05, 4.69) is 15.7 Å². The van der Waals surface area contributed by atoms with E-state index in [1.165, 1.54) is 48.5 Å². The topological polar surface area (TPSA) is 98.0 Å². The predicted octanol–water partition coefficient (Wildman–Crippen LogP) is 2.99. The fourth-order valence-electron chi connectivity index (χ4n) is 4.74. The molecule has 1 aromatic carbocycles. The van der Waals surface area contributed by atoms with Crippen molar-refractivity contribution in [2.75, 3.05) is 18.8 Å². The third-order valence-corrected chi connectivity index (χ3v) is 7.74. The highest BCUT2D eigenvalue weighted by Crippen LogP contribution is 2.24. The number of hydrogen-bond donors (Lipinski definition) is 2. The molecular weight excluding hydrogens is 450 g/mol. The third kappa shape index (κ3) is 6.52. The van der Waals surface area contributed by atoms with E-state index in [9.17, 15) is 14.4 Å². The van der Waals surface area contributed by atoms with Gasteiger partial charge in [-0.05, 0) is 50.2 Å². The number of carbonyl (C=O) groups is 2. The lowest BCUT2D eigenvalue weighted by molar-refractivity contribution is -0.118. The number of fused-ring (bicyclic) bond motifs is 1. The smallest absolute Gasteiger partial charge is 0.345 e. The lowest BCUT2D eigenvalue weighted by Crippen LogP contribution is -2.31. The Kier molecular flexibility index (Phi) is 8.85. The van der Waals surface area contributed by atoms with Gasteiger partial charge in [-0.25, -0.2) is 9.48 Å². The molecule has 4 rings (SSSR count). The number of amides is 2. The van der Waals surface area contributed by atoms with Gasteiger partial charge in [0.25, 0.3) is 5.91 Å². The van der Waals surface area contributed by atoms with Gasteiger partial charge in [0.05, 0.1) is 11.3 Å². The number of aryl methyl sites for hydroxylation is 2. The second kappa shape index (κ2) is 12.2. The minimum Gasteiger partial charge on any atom is -0.355 e. The number of carbonyl (C=O) groups excluding carboxylic acids is 2. The second-order valence-corrected chi connectivity index (χ2v) is 10.3. The molecule has 1 fully saturated rings. The van der Waals surface area contributed by atoms with Gasteiger partial charge in [-0.1, -0.05) is 31.4 Å². The van der Waals surface area contributed by atoms with Crippen LogP contribution in [0.2, 0.25) is 0 Å². The summed E-state index contributed by atoms with van der Waals surface area (Å²) in [5.74, 6) is 1.62. The number of nitrogens with zero attached hydrogens (tertiary/aromatic N) is 3.